The van der Waals surface area contributed by atoms with Crippen molar-refractivity contribution in [1.29, 1.82) is 0 Å². The van der Waals surface area contributed by atoms with Gasteiger partial charge < -0.3 is 10.4 Å². The molecule has 0 atom stereocenters. The van der Waals surface area contributed by atoms with Gasteiger partial charge in [0.1, 0.15) is 17.2 Å². The van der Waals surface area contributed by atoms with Gasteiger partial charge in [-0.05, 0) is 34.1 Å². The topological polar surface area (TPSA) is 62.2 Å². The van der Waals surface area contributed by atoms with Gasteiger partial charge in [0.25, 0.3) is 0 Å². The fourth-order valence-corrected chi connectivity index (χ4v) is 1.78. The number of carboxylic acids is 1. The number of nitrogens with zero attached hydrogens (tertiary/aromatic N) is 1. The van der Waals surface area contributed by atoms with Gasteiger partial charge in [-0.2, -0.15) is 0 Å². The molecule has 0 aliphatic carbocycles. The molecule has 1 aromatic carbocycles. The van der Waals surface area contributed by atoms with Crippen LogP contribution in [-0.4, -0.2) is 16.1 Å². The number of carboxylic acid groups (broad SMARTS) is 1. The van der Waals surface area contributed by atoms with Gasteiger partial charge in [0.15, 0.2) is 0 Å². The molecule has 2 N–H and O–H groups in total. The molecule has 1 heterocycles. The van der Waals surface area contributed by atoms with Crippen molar-refractivity contribution in [3.63, 3.8) is 0 Å². The predicted octanol–water partition coefficient (Wildman–Crippen LogP) is 3.43. The van der Waals surface area contributed by atoms with Crippen LogP contribution >= 0.6 is 15.9 Å². The molecule has 0 radical (unpaired) electrons. The number of aromatic nitrogens is 1. The van der Waals surface area contributed by atoms with Crippen molar-refractivity contribution in [2.75, 3.05) is 5.32 Å². The highest BCUT2D eigenvalue weighted by atomic mass is 79.9. The zero-order chi connectivity index (χ0) is 13.1. The van der Waals surface area contributed by atoms with Gasteiger partial charge in [-0.1, -0.05) is 12.1 Å². The minimum absolute atomic E-state index is 0.0933. The van der Waals surface area contributed by atoms with Crippen LogP contribution in [0.3, 0.4) is 0 Å². The summed E-state index contributed by atoms with van der Waals surface area (Å²) in [5.41, 5.74) is 0.435. The summed E-state index contributed by atoms with van der Waals surface area (Å²) >= 11 is 3.32. The van der Waals surface area contributed by atoms with Crippen LogP contribution in [0.4, 0.5) is 15.9 Å². The molecule has 1 aromatic heterocycles. The maximum atomic E-state index is 13.0. The Bertz CT molecular complexity index is 604. The molecule has 0 saturated carbocycles. The van der Waals surface area contributed by atoms with Gasteiger partial charge in [-0.3, -0.25) is 0 Å². The van der Waals surface area contributed by atoms with Crippen molar-refractivity contribution in [3.05, 3.63) is 52.4 Å². The van der Waals surface area contributed by atoms with E-state index in [1.807, 2.05) is 6.07 Å². The Morgan fingerprint density at radius 3 is 2.78 bits per heavy atom. The Morgan fingerprint density at radius 1 is 1.39 bits per heavy atom. The van der Waals surface area contributed by atoms with Gasteiger partial charge in [0, 0.05) is 4.47 Å². The highest BCUT2D eigenvalue weighted by Crippen LogP contribution is 2.26. The van der Waals surface area contributed by atoms with Crippen LogP contribution in [0.2, 0.25) is 0 Å². The van der Waals surface area contributed by atoms with Crippen molar-refractivity contribution in [2.24, 2.45) is 0 Å². The fraction of sp³-hybridized carbons (Fsp3) is 0. The minimum atomic E-state index is -1.24. The summed E-state index contributed by atoms with van der Waals surface area (Å²) in [7, 11) is 0. The zero-order valence-electron chi connectivity index (χ0n) is 9.02. The van der Waals surface area contributed by atoms with Crippen molar-refractivity contribution < 1.29 is 14.3 Å². The number of nitrogens with one attached hydrogen (secondary N) is 1. The van der Waals surface area contributed by atoms with E-state index in [2.05, 4.69) is 26.2 Å². The molecule has 4 nitrogen and oxygen atoms in total. The Labute approximate surface area is 111 Å². The van der Waals surface area contributed by atoms with Crippen LogP contribution in [0.1, 0.15) is 10.4 Å². The van der Waals surface area contributed by atoms with Gasteiger partial charge in [0.2, 0.25) is 0 Å². The summed E-state index contributed by atoms with van der Waals surface area (Å²) in [5.74, 6) is -1.84. The lowest BCUT2D eigenvalue weighted by Crippen LogP contribution is -2.05. The molecule has 2 aromatic rings. The molecule has 0 amide bonds. The molecule has 0 aliphatic rings. The molecule has 92 valence electrons. The number of benzene rings is 1. The molecule has 18 heavy (non-hydrogen) atoms. The van der Waals surface area contributed by atoms with Crippen LogP contribution in [0, 0.1) is 5.82 Å². The maximum absolute atomic E-state index is 13.0. The molecule has 0 spiro atoms. The highest BCUT2D eigenvalue weighted by molar-refractivity contribution is 9.10. The largest absolute Gasteiger partial charge is 0.478 e. The van der Waals surface area contributed by atoms with Crippen LogP contribution in [0.25, 0.3) is 0 Å². The molecule has 0 saturated heterocycles. The van der Waals surface area contributed by atoms with Crippen LogP contribution in [0.5, 0.6) is 0 Å². The fourth-order valence-electron chi connectivity index (χ4n) is 1.39. The molecular weight excluding hydrogens is 303 g/mol. The first-order valence-corrected chi connectivity index (χ1v) is 5.77. The quantitative estimate of drug-likeness (QED) is 0.911. The lowest BCUT2D eigenvalue weighted by molar-refractivity contribution is 0.0697. The van der Waals surface area contributed by atoms with E-state index in [-0.39, 0.29) is 11.4 Å². The molecule has 0 bridgehead atoms. The first-order chi connectivity index (χ1) is 8.58. The van der Waals surface area contributed by atoms with Crippen molar-refractivity contribution in [3.8, 4) is 0 Å². The summed E-state index contributed by atoms with van der Waals surface area (Å²) in [6.07, 6.45) is 0.964. The number of carbonyl (C=O) groups is 1. The summed E-state index contributed by atoms with van der Waals surface area (Å²) in [6.45, 7) is 0. The van der Waals surface area contributed by atoms with E-state index in [1.54, 1.807) is 18.2 Å². The monoisotopic (exact) mass is 310 g/mol. The van der Waals surface area contributed by atoms with Gasteiger partial charge in [-0.15, -0.1) is 0 Å². The summed E-state index contributed by atoms with van der Waals surface area (Å²) in [4.78, 5) is 14.7. The average Bonchev–Trinajstić information content (AvgIpc) is 2.34. The number of hydrogen-bond donors (Lipinski definition) is 2. The molecular formula is C12H8BrFN2O2. The van der Waals surface area contributed by atoms with E-state index in [1.165, 1.54) is 0 Å². The van der Waals surface area contributed by atoms with Crippen molar-refractivity contribution >= 4 is 33.4 Å². The molecule has 0 fully saturated rings. The highest BCUT2D eigenvalue weighted by Gasteiger charge is 2.13. The lowest BCUT2D eigenvalue weighted by atomic mass is 10.2. The Morgan fingerprint density at radius 2 is 2.11 bits per heavy atom. The summed E-state index contributed by atoms with van der Waals surface area (Å²) in [6, 6.07) is 8.09. The van der Waals surface area contributed by atoms with Crippen LogP contribution in [-0.2, 0) is 0 Å². The first-order valence-electron chi connectivity index (χ1n) is 4.98. The van der Waals surface area contributed by atoms with Crippen LogP contribution in [0.15, 0.2) is 41.0 Å². The smallest absolute Gasteiger partial charge is 0.339 e. The first kappa shape index (κ1) is 12.5. The van der Waals surface area contributed by atoms with Gasteiger partial charge in [0.05, 0.1) is 11.9 Å². The number of halogens is 2. The standard InChI is InChI=1S/C12H8BrFN2O2/c13-9-3-1-2-4-10(9)16-11-8(12(17)18)5-7(14)6-15-11/h1-6H,(H,15,16)(H,17,18). The van der Waals surface area contributed by atoms with E-state index in [0.717, 1.165) is 16.7 Å². The number of para-hydroxylation sites is 1. The predicted molar refractivity (Wildman–Crippen MR) is 68.6 cm³/mol. The Hall–Kier alpha value is -1.95. The average molecular weight is 311 g/mol. The van der Waals surface area contributed by atoms with Gasteiger partial charge >= 0.3 is 5.97 Å². The number of pyridine rings is 1. The second kappa shape index (κ2) is 5.14. The van der Waals surface area contributed by atoms with Crippen molar-refractivity contribution in [2.45, 2.75) is 0 Å². The van der Waals surface area contributed by atoms with E-state index < -0.39 is 11.8 Å². The third kappa shape index (κ3) is 2.65. The summed E-state index contributed by atoms with van der Waals surface area (Å²) in [5, 5.41) is 11.8. The number of anilines is 2. The van der Waals surface area contributed by atoms with Gasteiger partial charge in [-0.25, -0.2) is 14.2 Å². The van der Waals surface area contributed by atoms with E-state index in [4.69, 9.17) is 5.11 Å². The van der Waals surface area contributed by atoms with Crippen molar-refractivity contribution in [1.82, 2.24) is 4.98 Å². The normalized spacial score (nSPS) is 10.1. The third-order valence-electron chi connectivity index (χ3n) is 2.21. The second-order valence-electron chi connectivity index (χ2n) is 3.46. The Kier molecular flexibility index (Phi) is 3.57. The number of rotatable bonds is 3. The SMILES string of the molecule is O=C(O)c1cc(F)cnc1Nc1ccccc1Br. The molecule has 0 unspecified atom stereocenters. The number of aromatic carboxylic acids is 1. The van der Waals surface area contributed by atoms with E-state index in [9.17, 15) is 9.18 Å². The molecule has 0 aliphatic heterocycles. The number of hydrogen-bond acceptors (Lipinski definition) is 3. The maximum Gasteiger partial charge on any atom is 0.339 e. The van der Waals surface area contributed by atoms with Crippen LogP contribution < -0.4 is 5.32 Å². The third-order valence-corrected chi connectivity index (χ3v) is 2.90. The van der Waals surface area contributed by atoms with E-state index in [0.29, 0.717) is 5.69 Å². The van der Waals surface area contributed by atoms with E-state index >= 15 is 0 Å². The minimum Gasteiger partial charge on any atom is -0.478 e. The zero-order valence-corrected chi connectivity index (χ0v) is 10.6. The second-order valence-corrected chi connectivity index (χ2v) is 4.31. The summed E-state index contributed by atoms with van der Waals surface area (Å²) < 4.78 is 13.7. The molecule has 6 heteroatoms. The Balaban J connectivity index is 2.41. The molecule has 2 rings (SSSR count). The lowest BCUT2D eigenvalue weighted by Gasteiger charge is -2.09.